The van der Waals surface area contributed by atoms with Gasteiger partial charge in [0.1, 0.15) is 0 Å². The van der Waals surface area contributed by atoms with Crippen molar-refractivity contribution >= 4 is 11.8 Å². The van der Waals surface area contributed by atoms with Gasteiger partial charge in [-0.25, -0.2) is 0 Å². The van der Waals surface area contributed by atoms with Gasteiger partial charge in [-0.1, -0.05) is 13.8 Å². The van der Waals surface area contributed by atoms with Crippen LogP contribution in [0.1, 0.15) is 39.5 Å². The molecule has 15 heavy (non-hydrogen) atoms. The smallest absolute Gasteiger partial charge is 0.0482 e. The summed E-state index contributed by atoms with van der Waals surface area (Å²) in [6.45, 7) is 5.66. The zero-order valence-electron chi connectivity index (χ0n) is 10.1. The lowest BCUT2D eigenvalue weighted by molar-refractivity contribution is 0.147. The van der Waals surface area contributed by atoms with Crippen LogP contribution in [-0.2, 0) is 0 Å². The summed E-state index contributed by atoms with van der Waals surface area (Å²) in [5.74, 6) is 2.62. The van der Waals surface area contributed by atoms with Crippen LogP contribution in [0.2, 0.25) is 0 Å². The van der Waals surface area contributed by atoms with Gasteiger partial charge in [-0.05, 0) is 43.4 Å². The van der Waals surface area contributed by atoms with E-state index < -0.39 is 0 Å². The Kier molecular flexibility index (Phi) is 6.02. The number of hydrogen-bond donors (Lipinski definition) is 2. The Balaban J connectivity index is 2.00. The maximum atomic E-state index is 9.12. The van der Waals surface area contributed by atoms with Crippen molar-refractivity contribution in [1.82, 2.24) is 5.32 Å². The summed E-state index contributed by atoms with van der Waals surface area (Å²) < 4.78 is 0. The molecular weight excluding hydrogens is 206 g/mol. The van der Waals surface area contributed by atoms with E-state index in [4.69, 9.17) is 5.11 Å². The third-order valence-electron chi connectivity index (χ3n) is 3.05. The highest BCUT2D eigenvalue weighted by atomic mass is 32.2. The Morgan fingerprint density at radius 3 is 2.87 bits per heavy atom. The maximum absolute atomic E-state index is 9.12. The molecule has 0 aromatic rings. The molecule has 0 spiro atoms. The van der Waals surface area contributed by atoms with Crippen molar-refractivity contribution in [3.8, 4) is 0 Å². The van der Waals surface area contributed by atoms with Crippen molar-refractivity contribution in [2.24, 2.45) is 5.41 Å². The predicted octanol–water partition coefficient (Wildman–Crippen LogP) is 2.27. The van der Waals surface area contributed by atoms with Crippen molar-refractivity contribution in [3.63, 3.8) is 0 Å². The fourth-order valence-electron chi connectivity index (χ4n) is 1.85. The van der Waals surface area contributed by atoms with Crippen molar-refractivity contribution in [3.05, 3.63) is 0 Å². The van der Waals surface area contributed by atoms with E-state index in [-0.39, 0.29) is 5.41 Å². The standard InChI is InChI=1S/C12H25NOS/c1-12(2,10-14)6-4-7-13-11-5-3-8-15-9-11/h11,13-14H,3-10H2,1-2H3. The lowest BCUT2D eigenvalue weighted by atomic mass is 9.89. The zero-order valence-corrected chi connectivity index (χ0v) is 10.9. The molecule has 0 bridgehead atoms. The van der Waals surface area contributed by atoms with Gasteiger partial charge >= 0.3 is 0 Å². The molecule has 1 aliphatic rings. The highest BCUT2D eigenvalue weighted by molar-refractivity contribution is 7.99. The van der Waals surface area contributed by atoms with Crippen molar-refractivity contribution < 1.29 is 5.11 Å². The van der Waals surface area contributed by atoms with E-state index in [1.165, 1.54) is 30.8 Å². The second-order valence-corrected chi connectivity index (χ2v) is 6.44. The van der Waals surface area contributed by atoms with Crippen LogP contribution in [0.5, 0.6) is 0 Å². The van der Waals surface area contributed by atoms with E-state index in [0.29, 0.717) is 6.61 Å². The van der Waals surface area contributed by atoms with E-state index in [1.54, 1.807) is 0 Å². The minimum atomic E-state index is 0.100. The molecule has 1 atom stereocenters. The molecule has 1 saturated heterocycles. The monoisotopic (exact) mass is 231 g/mol. The number of thioether (sulfide) groups is 1. The van der Waals surface area contributed by atoms with Gasteiger partial charge in [-0.3, -0.25) is 0 Å². The highest BCUT2D eigenvalue weighted by Gasteiger charge is 2.16. The Morgan fingerprint density at radius 2 is 2.27 bits per heavy atom. The average molecular weight is 231 g/mol. The summed E-state index contributed by atoms with van der Waals surface area (Å²) in [5, 5.41) is 12.7. The topological polar surface area (TPSA) is 32.3 Å². The van der Waals surface area contributed by atoms with Gasteiger partial charge in [-0.2, -0.15) is 11.8 Å². The average Bonchev–Trinajstić information content (AvgIpc) is 2.26. The van der Waals surface area contributed by atoms with E-state index in [2.05, 4.69) is 30.9 Å². The molecule has 1 unspecified atom stereocenters. The van der Waals surface area contributed by atoms with Gasteiger partial charge in [-0.15, -0.1) is 0 Å². The quantitative estimate of drug-likeness (QED) is 0.688. The number of aliphatic hydroxyl groups excluding tert-OH is 1. The van der Waals surface area contributed by atoms with E-state index in [1.807, 2.05) is 0 Å². The van der Waals surface area contributed by atoms with Crippen LogP contribution < -0.4 is 5.32 Å². The van der Waals surface area contributed by atoms with E-state index in [9.17, 15) is 0 Å². The highest BCUT2D eigenvalue weighted by Crippen LogP contribution is 2.21. The van der Waals surface area contributed by atoms with Crippen LogP contribution in [0.4, 0.5) is 0 Å². The molecule has 2 nitrogen and oxygen atoms in total. The van der Waals surface area contributed by atoms with Gasteiger partial charge in [0.2, 0.25) is 0 Å². The van der Waals surface area contributed by atoms with Crippen molar-refractivity contribution in [2.45, 2.75) is 45.6 Å². The van der Waals surface area contributed by atoms with Gasteiger partial charge in [0.25, 0.3) is 0 Å². The fraction of sp³-hybridized carbons (Fsp3) is 1.00. The third-order valence-corrected chi connectivity index (χ3v) is 4.27. The molecule has 0 saturated carbocycles. The summed E-state index contributed by atoms with van der Waals surface area (Å²) in [6, 6.07) is 0.737. The predicted molar refractivity (Wildman–Crippen MR) is 68.5 cm³/mol. The SMILES string of the molecule is CC(C)(CO)CCCNC1CCCSC1. The molecular formula is C12H25NOS. The first-order chi connectivity index (χ1) is 7.14. The second-order valence-electron chi connectivity index (χ2n) is 5.29. The normalized spacial score (nSPS) is 23.0. The Hall–Kier alpha value is 0.270. The van der Waals surface area contributed by atoms with Crippen LogP contribution >= 0.6 is 11.8 Å². The first-order valence-electron chi connectivity index (χ1n) is 6.06. The largest absolute Gasteiger partial charge is 0.396 e. The molecule has 90 valence electrons. The number of aliphatic hydroxyl groups is 1. The van der Waals surface area contributed by atoms with Gasteiger partial charge < -0.3 is 10.4 Å². The second kappa shape index (κ2) is 6.77. The van der Waals surface area contributed by atoms with Crippen LogP contribution in [0, 0.1) is 5.41 Å². The van der Waals surface area contributed by atoms with Crippen LogP contribution in [0.15, 0.2) is 0 Å². The van der Waals surface area contributed by atoms with Gasteiger partial charge in [0.15, 0.2) is 0 Å². The van der Waals surface area contributed by atoms with E-state index >= 15 is 0 Å². The maximum Gasteiger partial charge on any atom is 0.0482 e. The summed E-state index contributed by atoms with van der Waals surface area (Å²) >= 11 is 2.07. The lowest BCUT2D eigenvalue weighted by Gasteiger charge is -2.24. The summed E-state index contributed by atoms with van der Waals surface area (Å²) in [5.41, 5.74) is 0.100. The molecule has 0 aliphatic carbocycles. The number of nitrogens with one attached hydrogen (secondary N) is 1. The molecule has 3 heteroatoms. The first kappa shape index (κ1) is 13.3. The number of hydrogen-bond acceptors (Lipinski definition) is 3. The lowest BCUT2D eigenvalue weighted by Crippen LogP contribution is -2.34. The Labute approximate surface area is 98.2 Å². The molecule has 0 radical (unpaired) electrons. The fourth-order valence-corrected chi connectivity index (χ4v) is 2.96. The van der Waals surface area contributed by atoms with Crippen LogP contribution in [-0.4, -0.2) is 35.8 Å². The first-order valence-corrected chi connectivity index (χ1v) is 7.21. The Bertz CT molecular complexity index is 167. The third kappa shape index (κ3) is 5.79. The van der Waals surface area contributed by atoms with Crippen LogP contribution in [0.3, 0.4) is 0 Å². The summed E-state index contributed by atoms with van der Waals surface area (Å²) in [6.07, 6.45) is 4.99. The molecule has 0 aromatic carbocycles. The van der Waals surface area contributed by atoms with Gasteiger partial charge in [0, 0.05) is 18.4 Å². The Morgan fingerprint density at radius 1 is 1.47 bits per heavy atom. The molecule has 1 fully saturated rings. The van der Waals surface area contributed by atoms with Crippen LogP contribution in [0.25, 0.3) is 0 Å². The van der Waals surface area contributed by atoms with Crippen molar-refractivity contribution in [2.75, 3.05) is 24.7 Å². The minimum Gasteiger partial charge on any atom is -0.396 e. The molecule has 1 heterocycles. The zero-order chi connectivity index (χ0) is 11.1. The van der Waals surface area contributed by atoms with Gasteiger partial charge in [0.05, 0.1) is 0 Å². The van der Waals surface area contributed by atoms with E-state index in [0.717, 1.165) is 19.0 Å². The van der Waals surface area contributed by atoms with Crippen molar-refractivity contribution in [1.29, 1.82) is 0 Å². The summed E-state index contributed by atoms with van der Waals surface area (Å²) in [4.78, 5) is 0. The molecule has 1 aliphatic heterocycles. The summed E-state index contributed by atoms with van der Waals surface area (Å²) in [7, 11) is 0. The molecule has 1 rings (SSSR count). The minimum absolute atomic E-state index is 0.100. The molecule has 0 aromatic heterocycles. The molecule has 0 amide bonds. The molecule has 2 N–H and O–H groups in total. The number of rotatable bonds is 6.